The highest BCUT2D eigenvalue weighted by Gasteiger charge is 2.33. The molecule has 1 atom stereocenters. The van der Waals surface area contributed by atoms with Crippen molar-refractivity contribution in [1.29, 1.82) is 0 Å². The van der Waals surface area contributed by atoms with E-state index in [2.05, 4.69) is 20.7 Å². The molecule has 2 aromatic heterocycles. The van der Waals surface area contributed by atoms with Gasteiger partial charge in [0.05, 0.1) is 5.54 Å². The SMILES string of the molecule is CC(=O)N[C@H]1CCN(C(=O)c2nn(C(C)(C)C)c3nc(NC(=O)c4cccc(Cl)c4)sc23)C1. The first-order valence-electron chi connectivity index (χ1n) is 10.6. The molecule has 11 heteroatoms. The summed E-state index contributed by atoms with van der Waals surface area (Å²) >= 11 is 7.21. The predicted molar refractivity (Wildman–Crippen MR) is 128 cm³/mol. The summed E-state index contributed by atoms with van der Waals surface area (Å²) in [5.41, 5.74) is 0.818. The molecule has 2 N–H and O–H groups in total. The quantitative estimate of drug-likeness (QED) is 0.584. The number of hydrogen-bond donors (Lipinski definition) is 2. The van der Waals surface area contributed by atoms with E-state index in [-0.39, 0.29) is 23.8 Å². The highest BCUT2D eigenvalue weighted by Crippen LogP contribution is 2.33. The molecule has 174 valence electrons. The third-order valence-corrected chi connectivity index (χ3v) is 6.45. The van der Waals surface area contributed by atoms with Crippen molar-refractivity contribution in [2.45, 2.75) is 45.7 Å². The Morgan fingerprint density at radius 1 is 1.24 bits per heavy atom. The highest BCUT2D eigenvalue weighted by atomic mass is 35.5. The fraction of sp³-hybridized carbons (Fsp3) is 0.409. The zero-order valence-corrected chi connectivity index (χ0v) is 20.4. The minimum atomic E-state index is -0.428. The Morgan fingerprint density at radius 3 is 2.67 bits per heavy atom. The number of carbonyl (C=O) groups excluding carboxylic acids is 3. The maximum atomic E-state index is 13.3. The van der Waals surface area contributed by atoms with Gasteiger partial charge < -0.3 is 10.2 Å². The van der Waals surface area contributed by atoms with Crippen molar-refractivity contribution >= 4 is 56.1 Å². The molecule has 1 aliphatic rings. The number of rotatable bonds is 4. The second-order valence-electron chi connectivity index (χ2n) is 9.00. The van der Waals surface area contributed by atoms with E-state index in [9.17, 15) is 14.4 Å². The van der Waals surface area contributed by atoms with Crippen LogP contribution in [-0.4, -0.2) is 56.5 Å². The molecule has 3 aromatic rings. The Balaban J connectivity index is 1.65. The van der Waals surface area contributed by atoms with Gasteiger partial charge in [0, 0.05) is 36.6 Å². The van der Waals surface area contributed by atoms with Crippen molar-refractivity contribution in [2.24, 2.45) is 0 Å². The summed E-state index contributed by atoms with van der Waals surface area (Å²) in [5.74, 6) is -0.668. The Labute approximate surface area is 200 Å². The molecule has 1 saturated heterocycles. The average Bonchev–Trinajstić information content (AvgIpc) is 3.41. The molecule has 1 aliphatic heterocycles. The molecule has 3 heterocycles. The van der Waals surface area contributed by atoms with Crippen LogP contribution in [0.3, 0.4) is 0 Å². The maximum absolute atomic E-state index is 13.3. The van der Waals surface area contributed by atoms with Crippen LogP contribution in [-0.2, 0) is 10.3 Å². The number of nitrogens with one attached hydrogen (secondary N) is 2. The first-order valence-corrected chi connectivity index (χ1v) is 11.8. The summed E-state index contributed by atoms with van der Waals surface area (Å²) in [7, 11) is 0. The van der Waals surface area contributed by atoms with E-state index in [4.69, 9.17) is 11.6 Å². The lowest BCUT2D eigenvalue weighted by Gasteiger charge is -2.19. The monoisotopic (exact) mass is 488 g/mol. The smallest absolute Gasteiger partial charge is 0.275 e. The zero-order chi connectivity index (χ0) is 23.9. The van der Waals surface area contributed by atoms with Crippen molar-refractivity contribution in [1.82, 2.24) is 25.0 Å². The molecule has 9 nitrogen and oxygen atoms in total. The van der Waals surface area contributed by atoms with Gasteiger partial charge in [0.25, 0.3) is 11.8 Å². The number of fused-ring (bicyclic) bond motifs is 1. The van der Waals surface area contributed by atoms with Crippen molar-refractivity contribution in [2.75, 3.05) is 18.4 Å². The summed E-state index contributed by atoms with van der Waals surface area (Å²) in [6.07, 6.45) is 0.693. The van der Waals surface area contributed by atoms with Gasteiger partial charge in [-0.2, -0.15) is 10.1 Å². The van der Waals surface area contributed by atoms with E-state index in [1.807, 2.05) is 20.8 Å². The Kier molecular flexibility index (Phi) is 6.15. The van der Waals surface area contributed by atoms with Gasteiger partial charge in [0.2, 0.25) is 5.91 Å². The van der Waals surface area contributed by atoms with Crippen molar-refractivity contribution in [3.05, 3.63) is 40.5 Å². The third kappa shape index (κ3) is 4.86. The largest absolute Gasteiger partial charge is 0.352 e. The van der Waals surface area contributed by atoms with Crippen molar-refractivity contribution < 1.29 is 14.4 Å². The molecule has 4 rings (SSSR count). The topological polar surface area (TPSA) is 109 Å². The lowest BCUT2D eigenvalue weighted by Crippen LogP contribution is -2.37. The van der Waals surface area contributed by atoms with Gasteiger partial charge in [0.15, 0.2) is 16.5 Å². The molecule has 1 aromatic carbocycles. The summed E-state index contributed by atoms with van der Waals surface area (Å²) in [6, 6.07) is 6.57. The van der Waals surface area contributed by atoms with Crippen molar-refractivity contribution in [3.63, 3.8) is 0 Å². The zero-order valence-electron chi connectivity index (χ0n) is 18.8. The van der Waals surface area contributed by atoms with Gasteiger partial charge in [-0.3, -0.25) is 19.7 Å². The van der Waals surface area contributed by atoms with Gasteiger partial charge in [-0.1, -0.05) is 29.0 Å². The summed E-state index contributed by atoms with van der Waals surface area (Å²) < 4.78 is 2.32. The average molecular weight is 489 g/mol. The molecule has 0 saturated carbocycles. The van der Waals surface area contributed by atoms with E-state index in [0.29, 0.717) is 51.3 Å². The van der Waals surface area contributed by atoms with Crippen LogP contribution in [0.2, 0.25) is 5.02 Å². The Bertz CT molecular complexity index is 1240. The van der Waals surface area contributed by atoms with E-state index in [0.717, 1.165) is 0 Å². The molecule has 0 radical (unpaired) electrons. The summed E-state index contributed by atoms with van der Waals surface area (Å²) in [5, 5.41) is 11.1. The number of nitrogens with zero attached hydrogens (tertiary/aromatic N) is 4. The maximum Gasteiger partial charge on any atom is 0.275 e. The molecule has 0 spiro atoms. The van der Waals surface area contributed by atoms with E-state index in [1.54, 1.807) is 33.8 Å². The van der Waals surface area contributed by atoms with Gasteiger partial charge >= 0.3 is 0 Å². The molecule has 3 amide bonds. The molecule has 1 fully saturated rings. The standard InChI is InChI=1S/C22H25ClN6O3S/c1-12(30)24-15-8-9-28(11-15)20(32)16-17-18(29(27-16)22(2,3)4)25-21(33-17)26-19(31)13-6-5-7-14(23)10-13/h5-7,10,15H,8-9,11H2,1-4H3,(H,24,30)(H,25,26,31)/t15-/m0/s1. The first kappa shape index (κ1) is 23.2. The lowest BCUT2D eigenvalue weighted by atomic mass is 10.1. The fourth-order valence-corrected chi connectivity index (χ4v) is 4.87. The van der Waals surface area contributed by atoms with Gasteiger partial charge in [0.1, 0.15) is 4.70 Å². The number of amides is 3. The second-order valence-corrected chi connectivity index (χ2v) is 10.4. The fourth-order valence-electron chi connectivity index (χ4n) is 3.76. The minimum absolute atomic E-state index is 0.0688. The number of hydrogen-bond acceptors (Lipinski definition) is 6. The van der Waals surface area contributed by atoms with Crippen molar-refractivity contribution in [3.8, 4) is 0 Å². The van der Waals surface area contributed by atoms with Crippen LogP contribution in [0.25, 0.3) is 10.3 Å². The molecule has 0 unspecified atom stereocenters. The van der Waals surface area contributed by atoms with E-state index >= 15 is 0 Å². The van der Waals surface area contributed by atoms with Crippen LogP contribution < -0.4 is 10.6 Å². The van der Waals surface area contributed by atoms with Gasteiger partial charge in [-0.25, -0.2) is 4.68 Å². The molecule has 33 heavy (non-hydrogen) atoms. The normalized spacial score (nSPS) is 16.3. The number of anilines is 1. The second kappa shape index (κ2) is 8.75. The van der Waals surface area contributed by atoms with Crippen LogP contribution in [0.4, 0.5) is 5.13 Å². The molecule has 0 aliphatic carbocycles. The first-order chi connectivity index (χ1) is 15.5. The summed E-state index contributed by atoms with van der Waals surface area (Å²) in [6.45, 7) is 8.35. The Hall–Kier alpha value is -2.98. The van der Waals surface area contributed by atoms with E-state index in [1.165, 1.54) is 18.3 Å². The number of thiazole rings is 1. The van der Waals surface area contributed by atoms with Crippen LogP contribution in [0.15, 0.2) is 24.3 Å². The van der Waals surface area contributed by atoms with Gasteiger partial charge in [-0.15, -0.1) is 0 Å². The number of likely N-dealkylation sites (tertiary alicyclic amines) is 1. The van der Waals surface area contributed by atoms with Crippen LogP contribution >= 0.6 is 22.9 Å². The lowest BCUT2D eigenvalue weighted by molar-refractivity contribution is -0.119. The predicted octanol–water partition coefficient (Wildman–Crippen LogP) is 3.50. The Morgan fingerprint density at radius 2 is 2.00 bits per heavy atom. The highest BCUT2D eigenvalue weighted by molar-refractivity contribution is 7.22. The number of benzene rings is 1. The van der Waals surface area contributed by atoms with Crippen LogP contribution in [0.5, 0.6) is 0 Å². The molecular weight excluding hydrogens is 464 g/mol. The molecule has 0 bridgehead atoms. The molecular formula is C22H25ClN6O3S. The number of carbonyl (C=O) groups is 3. The number of aromatic nitrogens is 3. The number of halogens is 1. The third-order valence-electron chi connectivity index (χ3n) is 5.25. The minimum Gasteiger partial charge on any atom is -0.352 e. The summed E-state index contributed by atoms with van der Waals surface area (Å²) in [4.78, 5) is 43.6. The van der Waals surface area contributed by atoms with Gasteiger partial charge in [-0.05, 0) is 45.4 Å². The van der Waals surface area contributed by atoms with E-state index < -0.39 is 5.54 Å². The van der Waals surface area contributed by atoms with Crippen LogP contribution in [0, 0.1) is 0 Å². The van der Waals surface area contributed by atoms with Crippen LogP contribution in [0.1, 0.15) is 55.0 Å².